The van der Waals surface area contributed by atoms with E-state index in [2.05, 4.69) is 43.4 Å². The van der Waals surface area contributed by atoms with E-state index in [-0.39, 0.29) is 18.4 Å². The minimum atomic E-state index is -0.714. The standard InChI is InChI=1S/C38H62N2O8S2/c1-6-39(7-2)37(42)36(38(43)40(8-3)9-4)18-20-44-22-24-46-25-27-48-28-30-49-34-15-11-10-12-16-35(32-33(5)14-13-17-34)50-31-29-47-26-23-45-21-19-41/h10-17,32,36,41H,6-9,18-31H2,1-5H3/b11-10?,12-10-,14-13-,15-11-,16-12?,17-13?,33-14?,33-32-,34-15?,34-17+,35-16+,35-32?. The van der Waals surface area contributed by atoms with E-state index in [0.717, 1.165) is 22.0 Å². The fourth-order valence-corrected chi connectivity index (χ4v) is 6.32. The molecule has 1 N–H and O–H groups in total. The first-order chi connectivity index (χ1) is 24.4. The van der Waals surface area contributed by atoms with Crippen molar-refractivity contribution in [1.29, 1.82) is 0 Å². The predicted molar refractivity (Wildman–Crippen MR) is 207 cm³/mol. The zero-order valence-corrected chi connectivity index (χ0v) is 32.7. The molecular formula is C38H62N2O8S2. The van der Waals surface area contributed by atoms with Crippen LogP contribution in [-0.2, 0) is 33.3 Å². The number of rotatable bonds is 28. The first-order valence-electron chi connectivity index (χ1n) is 17.9. The lowest BCUT2D eigenvalue weighted by molar-refractivity contribution is -0.148. The van der Waals surface area contributed by atoms with Crippen LogP contribution < -0.4 is 0 Å². The summed E-state index contributed by atoms with van der Waals surface area (Å²) in [4.78, 5) is 31.8. The molecule has 0 aromatic rings. The molecule has 0 radical (unpaired) electrons. The molecule has 0 bridgehead atoms. The number of amides is 2. The van der Waals surface area contributed by atoms with Gasteiger partial charge in [-0.15, -0.1) is 23.5 Å². The van der Waals surface area contributed by atoms with Crippen molar-refractivity contribution < 1.29 is 38.4 Å². The second kappa shape index (κ2) is 31.6. The molecule has 0 aliphatic heterocycles. The highest BCUT2D eigenvalue weighted by Gasteiger charge is 2.31. The fourth-order valence-electron chi connectivity index (χ4n) is 4.65. The van der Waals surface area contributed by atoms with Crippen LogP contribution in [0.15, 0.2) is 70.1 Å². The SMILES string of the molecule is CCN(CC)C(=O)C(CCOCCOCCOCCSC1=C/C=C\C(C)=C/C(SCCOCCOCCO)=C\C=C/C=C\1)C(=O)N(CC)CC. The Morgan fingerprint density at radius 1 is 0.620 bits per heavy atom. The van der Waals surface area contributed by atoms with Crippen LogP contribution in [0.3, 0.4) is 0 Å². The van der Waals surface area contributed by atoms with Crippen LogP contribution in [0, 0.1) is 5.92 Å². The highest BCUT2D eigenvalue weighted by atomic mass is 32.2. The Kier molecular flexibility index (Phi) is 29.0. The van der Waals surface area contributed by atoms with Gasteiger partial charge in [-0.2, -0.15) is 0 Å². The number of carbonyl (C=O) groups excluding carboxylic acids is 2. The number of aliphatic hydroxyl groups excluding tert-OH is 1. The van der Waals surface area contributed by atoms with Crippen LogP contribution >= 0.6 is 23.5 Å². The third-order valence-corrected chi connectivity index (χ3v) is 9.31. The molecule has 10 nitrogen and oxygen atoms in total. The molecule has 50 heavy (non-hydrogen) atoms. The van der Waals surface area contributed by atoms with E-state index in [1.807, 2.05) is 45.9 Å². The number of thioether (sulfide) groups is 2. The number of aliphatic hydroxyl groups is 1. The van der Waals surface area contributed by atoms with Crippen molar-refractivity contribution in [2.45, 2.75) is 41.0 Å². The van der Waals surface area contributed by atoms with Gasteiger partial charge in [0.1, 0.15) is 5.92 Å². The molecule has 0 saturated heterocycles. The van der Waals surface area contributed by atoms with Crippen LogP contribution in [0.25, 0.3) is 0 Å². The lowest BCUT2D eigenvalue weighted by Crippen LogP contribution is -2.45. The molecule has 12 heteroatoms. The molecule has 0 atom stereocenters. The Labute approximate surface area is 310 Å². The number of hydrogen-bond donors (Lipinski definition) is 1. The quantitative estimate of drug-likeness (QED) is 0.0798. The second-order valence-corrected chi connectivity index (χ2v) is 13.3. The fraction of sp³-hybridized carbons (Fsp3) is 0.632. The van der Waals surface area contributed by atoms with Crippen molar-refractivity contribution in [3.05, 3.63) is 70.1 Å². The topological polar surface area (TPSA) is 107 Å². The largest absolute Gasteiger partial charge is 0.394 e. The van der Waals surface area contributed by atoms with Crippen LogP contribution in [0.4, 0.5) is 0 Å². The molecule has 2 amide bonds. The average Bonchev–Trinajstić information content (AvgIpc) is 3.11. The number of allylic oxidation sites excluding steroid dienone is 10. The van der Waals surface area contributed by atoms with E-state index in [9.17, 15) is 9.59 Å². The Morgan fingerprint density at radius 2 is 1.10 bits per heavy atom. The third kappa shape index (κ3) is 21.9. The van der Waals surface area contributed by atoms with E-state index in [4.69, 9.17) is 28.8 Å². The van der Waals surface area contributed by atoms with E-state index >= 15 is 0 Å². The van der Waals surface area contributed by atoms with Crippen molar-refractivity contribution in [2.75, 3.05) is 110 Å². The molecule has 0 spiro atoms. The molecule has 0 unspecified atom stereocenters. The first-order valence-corrected chi connectivity index (χ1v) is 19.8. The van der Waals surface area contributed by atoms with Gasteiger partial charge in [0.2, 0.25) is 11.8 Å². The van der Waals surface area contributed by atoms with Gasteiger partial charge in [0.15, 0.2) is 0 Å². The van der Waals surface area contributed by atoms with Crippen molar-refractivity contribution in [3.63, 3.8) is 0 Å². The average molecular weight is 739 g/mol. The Hall–Kier alpha value is -2.16. The highest BCUT2D eigenvalue weighted by Crippen LogP contribution is 2.21. The van der Waals surface area contributed by atoms with Gasteiger partial charge in [-0.05, 0) is 65.3 Å². The summed E-state index contributed by atoms with van der Waals surface area (Å²) in [6, 6.07) is 0. The number of hydrogen-bond acceptors (Lipinski definition) is 10. The predicted octanol–water partition coefficient (Wildman–Crippen LogP) is 5.67. The van der Waals surface area contributed by atoms with Gasteiger partial charge in [0.25, 0.3) is 0 Å². The van der Waals surface area contributed by atoms with Gasteiger partial charge in [0.05, 0.1) is 66.1 Å². The van der Waals surface area contributed by atoms with E-state index in [0.29, 0.717) is 98.7 Å². The number of nitrogens with zero attached hydrogens (tertiary/aromatic N) is 2. The molecule has 0 saturated carbocycles. The normalized spacial score (nSPS) is 18.5. The summed E-state index contributed by atoms with van der Waals surface area (Å²) in [7, 11) is 0. The molecule has 0 heterocycles. The summed E-state index contributed by atoms with van der Waals surface area (Å²) in [6.45, 7) is 16.9. The molecule has 0 fully saturated rings. The van der Waals surface area contributed by atoms with Crippen LogP contribution in [0.2, 0.25) is 0 Å². The molecule has 284 valence electrons. The lowest BCUT2D eigenvalue weighted by Gasteiger charge is -2.28. The minimum absolute atomic E-state index is 0.0321. The molecule has 1 rings (SSSR count). The monoisotopic (exact) mass is 738 g/mol. The second-order valence-electron chi connectivity index (χ2n) is 11.0. The van der Waals surface area contributed by atoms with Gasteiger partial charge < -0.3 is 38.6 Å². The van der Waals surface area contributed by atoms with Gasteiger partial charge in [-0.25, -0.2) is 0 Å². The molecule has 1 aliphatic rings. The maximum atomic E-state index is 13.0. The van der Waals surface area contributed by atoms with E-state index in [1.54, 1.807) is 33.3 Å². The maximum absolute atomic E-state index is 13.0. The summed E-state index contributed by atoms with van der Waals surface area (Å²) in [5.74, 6) is 0.701. The Balaban J connectivity index is 2.31. The van der Waals surface area contributed by atoms with Gasteiger partial charge in [-0.3, -0.25) is 9.59 Å². The number of ether oxygens (including phenoxy) is 5. The molecule has 1 aliphatic carbocycles. The van der Waals surface area contributed by atoms with Crippen molar-refractivity contribution in [2.24, 2.45) is 5.92 Å². The van der Waals surface area contributed by atoms with Gasteiger partial charge >= 0.3 is 0 Å². The Bertz CT molecular complexity index is 1070. The first kappa shape index (κ1) is 45.9. The smallest absolute Gasteiger partial charge is 0.235 e. The highest BCUT2D eigenvalue weighted by molar-refractivity contribution is 8.03. The van der Waals surface area contributed by atoms with Crippen LogP contribution in [0.5, 0.6) is 0 Å². The van der Waals surface area contributed by atoms with Crippen molar-refractivity contribution in [1.82, 2.24) is 9.80 Å². The zero-order valence-electron chi connectivity index (χ0n) is 31.0. The summed E-state index contributed by atoms with van der Waals surface area (Å²) in [6.07, 6.45) is 19.2. The van der Waals surface area contributed by atoms with Crippen molar-refractivity contribution >= 4 is 35.3 Å². The van der Waals surface area contributed by atoms with Gasteiger partial charge in [0, 0.05) is 54.1 Å². The Morgan fingerprint density at radius 3 is 1.64 bits per heavy atom. The van der Waals surface area contributed by atoms with E-state index in [1.165, 1.54) is 4.91 Å². The summed E-state index contributed by atoms with van der Waals surface area (Å²) in [5, 5.41) is 8.73. The maximum Gasteiger partial charge on any atom is 0.235 e. The third-order valence-electron chi connectivity index (χ3n) is 7.37. The molecule has 0 aromatic carbocycles. The van der Waals surface area contributed by atoms with Gasteiger partial charge in [-0.1, -0.05) is 36.0 Å². The zero-order chi connectivity index (χ0) is 36.7. The summed E-state index contributed by atoms with van der Waals surface area (Å²) >= 11 is 3.49. The lowest BCUT2D eigenvalue weighted by atomic mass is 10.0. The van der Waals surface area contributed by atoms with Crippen molar-refractivity contribution in [3.8, 4) is 0 Å². The molecule has 0 aromatic heterocycles. The van der Waals surface area contributed by atoms with Crippen LogP contribution in [0.1, 0.15) is 41.0 Å². The molecular weight excluding hydrogens is 677 g/mol. The minimum Gasteiger partial charge on any atom is -0.394 e. The van der Waals surface area contributed by atoms with E-state index < -0.39 is 5.92 Å². The summed E-state index contributed by atoms with van der Waals surface area (Å²) in [5.41, 5.74) is 1.16. The summed E-state index contributed by atoms with van der Waals surface area (Å²) < 4.78 is 27.9. The number of carbonyl (C=O) groups is 2. The van der Waals surface area contributed by atoms with Crippen LogP contribution in [-0.4, -0.2) is 137 Å².